The molecule has 0 heterocycles. The van der Waals surface area contributed by atoms with Crippen LogP contribution in [-0.4, -0.2) is 37.2 Å². The number of rotatable bonds is 43. The van der Waals surface area contributed by atoms with Gasteiger partial charge in [0.25, 0.3) is 0 Å². The summed E-state index contributed by atoms with van der Waals surface area (Å²) in [5, 5.41) is 0. The molecule has 1 unspecified atom stereocenters. The molecule has 0 radical (unpaired) electrons. The predicted octanol–water partition coefficient (Wildman–Crippen LogP) is 17.0. The van der Waals surface area contributed by atoms with Crippen molar-refractivity contribution in [2.24, 2.45) is 0 Å². The SMILES string of the molecule is CC/C=C/C=C/C=C/C=C/CCCCCC(=O)OCC(COC(=O)CCCCCCCC/C=C/C/C=C/C/C=C/C/C=C/CC)OC(=O)CC/C=C/C/C=C/C/C=C/C/C=C/C/C=C/CC. The Morgan fingerprint density at radius 1 is 0.318 bits per heavy atom. The summed E-state index contributed by atoms with van der Waals surface area (Å²) >= 11 is 0. The maximum absolute atomic E-state index is 12.8. The van der Waals surface area contributed by atoms with Crippen molar-refractivity contribution >= 4 is 17.9 Å². The van der Waals surface area contributed by atoms with Gasteiger partial charge in [-0.05, 0) is 109 Å². The number of unbranched alkanes of at least 4 members (excludes halogenated alkanes) is 9. The van der Waals surface area contributed by atoms with Crippen molar-refractivity contribution in [3.63, 3.8) is 0 Å². The number of hydrogen-bond donors (Lipinski definition) is 0. The van der Waals surface area contributed by atoms with Gasteiger partial charge in [-0.1, -0.05) is 211 Å². The predicted molar refractivity (Wildman–Crippen MR) is 283 cm³/mol. The Labute approximate surface area is 403 Å². The van der Waals surface area contributed by atoms with Crippen molar-refractivity contribution in [1.29, 1.82) is 0 Å². The third kappa shape index (κ3) is 50.0. The van der Waals surface area contributed by atoms with E-state index in [0.29, 0.717) is 19.3 Å². The summed E-state index contributed by atoms with van der Waals surface area (Å²) in [6.07, 6.45) is 76.7. The minimum Gasteiger partial charge on any atom is -0.462 e. The Hall–Kier alpha value is -4.97. The number of carbonyl (C=O) groups is 3. The molecule has 0 saturated heterocycles. The van der Waals surface area contributed by atoms with E-state index in [9.17, 15) is 14.4 Å². The third-order valence-electron chi connectivity index (χ3n) is 9.87. The van der Waals surface area contributed by atoms with E-state index in [0.717, 1.165) is 116 Å². The first-order valence-electron chi connectivity index (χ1n) is 25.5. The number of allylic oxidation sites excluding steroid dienone is 26. The monoisotopic (exact) mass is 907 g/mol. The summed E-state index contributed by atoms with van der Waals surface area (Å²) < 4.78 is 16.7. The molecule has 0 aromatic rings. The van der Waals surface area contributed by atoms with Crippen LogP contribution >= 0.6 is 0 Å². The summed E-state index contributed by atoms with van der Waals surface area (Å²) in [5.74, 6) is -1.09. The third-order valence-corrected chi connectivity index (χ3v) is 9.87. The van der Waals surface area contributed by atoms with Crippen LogP contribution in [0.1, 0.15) is 181 Å². The lowest BCUT2D eigenvalue weighted by Gasteiger charge is -2.18. The van der Waals surface area contributed by atoms with Crippen molar-refractivity contribution in [1.82, 2.24) is 0 Å². The molecule has 0 bridgehead atoms. The molecular weight excluding hydrogens is 817 g/mol. The van der Waals surface area contributed by atoms with Gasteiger partial charge in [0.2, 0.25) is 0 Å². The zero-order valence-electron chi connectivity index (χ0n) is 41.6. The van der Waals surface area contributed by atoms with Gasteiger partial charge in [0, 0.05) is 19.3 Å². The highest BCUT2D eigenvalue weighted by Crippen LogP contribution is 2.11. The first-order chi connectivity index (χ1) is 32.5. The van der Waals surface area contributed by atoms with Crippen LogP contribution in [0, 0.1) is 0 Å². The highest BCUT2D eigenvalue weighted by Gasteiger charge is 2.19. The van der Waals surface area contributed by atoms with Crippen LogP contribution in [0.2, 0.25) is 0 Å². The normalized spacial score (nSPS) is 13.4. The molecule has 0 saturated carbocycles. The Morgan fingerprint density at radius 2 is 0.652 bits per heavy atom. The Bertz CT molecular complexity index is 1560. The van der Waals surface area contributed by atoms with Crippen molar-refractivity contribution in [2.45, 2.75) is 187 Å². The summed E-state index contributed by atoms with van der Waals surface area (Å²) in [5.41, 5.74) is 0. The van der Waals surface area contributed by atoms with Gasteiger partial charge in [-0.3, -0.25) is 14.4 Å². The number of hydrogen-bond acceptors (Lipinski definition) is 6. The second kappa shape index (κ2) is 52.7. The van der Waals surface area contributed by atoms with Crippen molar-refractivity contribution in [3.05, 3.63) is 158 Å². The fourth-order valence-corrected chi connectivity index (χ4v) is 6.14. The fourth-order valence-electron chi connectivity index (χ4n) is 6.14. The molecule has 6 nitrogen and oxygen atoms in total. The molecule has 366 valence electrons. The molecule has 0 rings (SSSR count). The molecule has 0 amide bonds. The van der Waals surface area contributed by atoms with Crippen LogP contribution in [0.4, 0.5) is 0 Å². The van der Waals surface area contributed by atoms with E-state index in [-0.39, 0.29) is 38.0 Å². The van der Waals surface area contributed by atoms with E-state index in [1.54, 1.807) is 0 Å². The summed E-state index contributed by atoms with van der Waals surface area (Å²) in [4.78, 5) is 38.0. The molecule has 0 aromatic heterocycles. The molecule has 6 heteroatoms. The molecule has 0 aliphatic heterocycles. The molecule has 0 N–H and O–H groups in total. The van der Waals surface area contributed by atoms with Gasteiger partial charge in [-0.15, -0.1) is 0 Å². The minimum absolute atomic E-state index is 0.136. The lowest BCUT2D eigenvalue weighted by molar-refractivity contribution is -0.166. The highest BCUT2D eigenvalue weighted by molar-refractivity contribution is 5.71. The van der Waals surface area contributed by atoms with Crippen LogP contribution in [-0.2, 0) is 28.6 Å². The van der Waals surface area contributed by atoms with Crippen LogP contribution in [0.5, 0.6) is 0 Å². The van der Waals surface area contributed by atoms with Gasteiger partial charge in [-0.25, -0.2) is 0 Å². The quantitative estimate of drug-likeness (QED) is 0.0199. The van der Waals surface area contributed by atoms with Crippen molar-refractivity contribution in [2.75, 3.05) is 13.2 Å². The van der Waals surface area contributed by atoms with Gasteiger partial charge in [0.05, 0.1) is 0 Å². The lowest BCUT2D eigenvalue weighted by atomic mass is 10.1. The second-order valence-electron chi connectivity index (χ2n) is 16.0. The second-order valence-corrected chi connectivity index (χ2v) is 16.0. The molecular formula is C60H90O6. The van der Waals surface area contributed by atoms with Crippen LogP contribution in [0.3, 0.4) is 0 Å². The van der Waals surface area contributed by atoms with Gasteiger partial charge in [-0.2, -0.15) is 0 Å². The zero-order chi connectivity index (χ0) is 47.9. The van der Waals surface area contributed by atoms with Crippen LogP contribution in [0.25, 0.3) is 0 Å². The van der Waals surface area contributed by atoms with E-state index >= 15 is 0 Å². The smallest absolute Gasteiger partial charge is 0.306 e. The van der Waals surface area contributed by atoms with Crippen molar-refractivity contribution < 1.29 is 28.6 Å². The maximum atomic E-state index is 12.8. The first-order valence-corrected chi connectivity index (χ1v) is 25.5. The van der Waals surface area contributed by atoms with Gasteiger partial charge in [0.15, 0.2) is 6.10 Å². The summed E-state index contributed by atoms with van der Waals surface area (Å²) in [7, 11) is 0. The number of carbonyl (C=O) groups excluding carboxylic acids is 3. The molecule has 1 atom stereocenters. The molecule has 0 fully saturated rings. The summed E-state index contributed by atoms with van der Waals surface area (Å²) in [6.45, 7) is 6.13. The van der Waals surface area contributed by atoms with E-state index in [2.05, 4.69) is 130 Å². The number of esters is 3. The van der Waals surface area contributed by atoms with Gasteiger partial charge < -0.3 is 14.2 Å². The molecule has 0 aliphatic rings. The minimum atomic E-state index is -0.848. The van der Waals surface area contributed by atoms with Gasteiger partial charge >= 0.3 is 17.9 Å². The van der Waals surface area contributed by atoms with E-state index < -0.39 is 12.1 Å². The first kappa shape index (κ1) is 61.0. The zero-order valence-corrected chi connectivity index (χ0v) is 41.6. The Kier molecular flexibility index (Phi) is 48.7. The van der Waals surface area contributed by atoms with Gasteiger partial charge in [0.1, 0.15) is 13.2 Å². The lowest BCUT2D eigenvalue weighted by Crippen LogP contribution is -2.30. The topological polar surface area (TPSA) is 78.9 Å². The Morgan fingerprint density at radius 3 is 1.11 bits per heavy atom. The van der Waals surface area contributed by atoms with E-state index in [1.807, 2.05) is 48.6 Å². The van der Waals surface area contributed by atoms with Crippen molar-refractivity contribution in [3.8, 4) is 0 Å². The fraction of sp³-hybridized carbons (Fsp3) is 0.517. The standard InChI is InChI=1S/C60H90O6/c1-4-7-10-13-16-19-22-25-27-29-30-31-33-35-38-41-44-47-50-53-59(62)65-56-57(55-64-58(61)52-49-46-43-40-37-34-24-21-18-15-12-9-6-3)66-60(63)54-51-48-45-42-39-36-32-28-26-23-20-17-14-11-8-5-2/h7-12,15-21,24-28,30-31,34,36-37,39,45,48,57H,4-6,13-14,22-23,29,32-33,35,38,40-44,46-47,49-56H2,1-3H3/b10-7+,11-8+,12-9+,18-15+,19-16+,20-17+,24-21+,27-25+,28-26+,31-30+,37-34+,39-36+,48-45+. The molecule has 0 spiro atoms. The molecule has 66 heavy (non-hydrogen) atoms. The van der Waals surface area contributed by atoms with E-state index in [4.69, 9.17) is 14.2 Å². The Balaban J connectivity index is 4.59. The average Bonchev–Trinajstić information content (AvgIpc) is 3.31. The average molecular weight is 907 g/mol. The van der Waals surface area contributed by atoms with Crippen LogP contribution < -0.4 is 0 Å². The van der Waals surface area contributed by atoms with E-state index in [1.165, 1.54) is 12.8 Å². The largest absolute Gasteiger partial charge is 0.462 e. The molecule has 0 aromatic carbocycles. The maximum Gasteiger partial charge on any atom is 0.306 e. The number of ether oxygens (including phenoxy) is 3. The highest BCUT2D eigenvalue weighted by atomic mass is 16.6. The van der Waals surface area contributed by atoms with Crippen LogP contribution in [0.15, 0.2) is 158 Å². The molecule has 0 aliphatic carbocycles. The summed E-state index contributed by atoms with van der Waals surface area (Å²) in [6, 6.07) is 0.